The standard InChI is InChI=1S/C28H33N3O2S/c1-6-31-24-14-13-21(17-23(24)20(2)19-28(31,3)4)18-25-26(32)30(15-10-16-33-5)27(34-25)29-22-11-8-7-9-12-22/h7-9,11-14,17-19H,6,10,15-16H2,1-5H3/b25-18+,29-27?. The molecule has 0 unspecified atom stereocenters. The molecule has 0 N–H and O–H groups in total. The van der Waals surface area contributed by atoms with E-state index in [-0.39, 0.29) is 11.4 Å². The van der Waals surface area contributed by atoms with E-state index in [4.69, 9.17) is 9.73 Å². The van der Waals surface area contributed by atoms with Crippen LogP contribution in [0.15, 0.2) is 64.5 Å². The molecule has 178 valence electrons. The van der Waals surface area contributed by atoms with Crippen molar-refractivity contribution in [2.45, 2.75) is 39.7 Å². The molecule has 0 spiro atoms. The number of aliphatic imine (C=N–C) groups is 1. The van der Waals surface area contributed by atoms with Crippen LogP contribution in [0.25, 0.3) is 11.6 Å². The summed E-state index contributed by atoms with van der Waals surface area (Å²) in [7, 11) is 1.68. The molecule has 0 atom stereocenters. The SMILES string of the molecule is CCN1c2ccc(/C=C3/SC(=Nc4ccccc4)N(CCCOC)C3=O)cc2C(C)=CC1(C)C. The van der Waals surface area contributed by atoms with E-state index in [2.05, 4.69) is 56.9 Å². The van der Waals surface area contributed by atoms with Gasteiger partial charge in [0, 0.05) is 38.1 Å². The van der Waals surface area contributed by atoms with Gasteiger partial charge in [0.1, 0.15) is 0 Å². The number of benzene rings is 2. The number of anilines is 1. The van der Waals surface area contributed by atoms with Gasteiger partial charge in [0.2, 0.25) is 0 Å². The van der Waals surface area contributed by atoms with E-state index in [0.29, 0.717) is 23.2 Å². The van der Waals surface area contributed by atoms with E-state index in [1.807, 2.05) is 36.4 Å². The Hall–Kier alpha value is -2.83. The van der Waals surface area contributed by atoms with Crippen LogP contribution in [-0.2, 0) is 9.53 Å². The molecule has 4 rings (SSSR count). The second-order valence-corrected chi connectivity index (χ2v) is 10.2. The van der Waals surface area contributed by atoms with E-state index >= 15 is 0 Å². The molecule has 0 radical (unpaired) electrons. The maximum absolute atomic E-state index is 13.3. The van der Waals surface area contributed by atoms with Crippen molar-refractivity contribution in [3.8, 4) is 0 Å². The van der Waals surface area contributed by atoms with Gasteiger partial charge < -0.3 is 9.64 Å². The molecule has 5 nitrogen and oxygen atoms in total. The summed E-state index contributed by atoms with van der Waals surface area (Å²) < 4.78 is 5.20. The number of carbonyl (C=O) groups is 1. The Morgan fingerprint density at radius 2 is 1.91 bits per heavy atom. The summed E-state index contributed by atoms with van der Waals surface area (Å²) in [4.78, 5) is 23.0. The van der Waals surface area contributed by atoms with Crippen molar-refractivity contribution >= 4 is 45.9 Å². The molecule has 2 aromatic carbocycles. The normalized spacial score (nSPS) is 19.7. The number of carbonyl (C=O) groups excluding carboxylic acids is 1. The molecule has 2 aliphatic heterocycles. The third-order valence-corrected chi connectivity index (χ3v) is 7.22. The van der Waals surface area contributed by atoms with Gasteiger partial charge in [0.05, 0.1) is 16.1 Å². The Kier molecular flexibility index (Phi) is 7.29. The molecule has 34 heavy (non-hydrogen) atoms. The van der Waals surface area contributed by atoms with Crippen molar-refractivity contribution in [3.63, 3.8) is 0 Å². The van der Waals surface area contributed by atoms with Crippen LogP contribution < -0.4 is 4.90 Å². The summed E-state index contributed by atoms with van der Waals surface area (Å²) in [5.74, 6) is -0.00270. The number of para-hydroxylation sites is 1. The van der Waals surface area contributed by atoms with Crippen LogP contribution in [0.4, 0.5) is 11.4 Å². The van der Waals surface area contributed by atoms with Gasteiger partial charge in [0.15, 0.2) is 5.17 Å². The van der Waals surface area contributed by atoms with Crippen molar-refractivity contribution < 1.29 is 9.53 Å². The van der Waals surface area contributed by atoms with Gasteiger partial charge in [-0.3, -0.25) is 9.69 Å². The summed E-state index contributed by atoms with van der Waals surface area (Å²) >= 11 is 1.44. The lowest BCUT2D eigenvalue weighted by Gasteiger charge is -2.42. The number of hydrogen-bond acceptors (Lipinski definition) is 5. The molecule has 1 fully saturated rings. The third-order valence-electron chi connectivity index (χ3n) is 6.21. The minimum absolute atomic E-state index is 0.00270. The lowest BCUT2D eigenvalue weighted by Crippen LogP contribution is -2.44. The second kappa shape index (κ2) is 10.2. The van der Waals surface area contributed by atoms with E-state index in [1.165, 1.54) is 28.6 Å². The lowest BCUT2D eigenvalue weighted by atomic mass is 9.88. The summed E-state index contributed by atoms with van der Waals surface area (Å²) in [5.41, 5.74) is 5.58. The number of amidine groups is 1. The number of hydrogen-bond donors (Lipinski definition) is 0. The minimum atomic E-state index is -0.0193. The van der Waals surface area contributed by atoms with Crippen LogP contribution in [0.1, 0.15) is 45.2 Å². The number of allylic oxidation sites excluding steroid dienone is 1. The quantitative estimate of drug-likeness (QED) is 0.346. The van der Waals surface area contributed by atoms with Gasteiger partial charge in [-0.2, -0.15) is 0 Å². The molecular weight excluding hydrogens is 442 g/mol. The van der Waals surface area contributed by atoms with Crippen molar-refractivity contribution in [1.82, 2.24) is 4.90 Å². The largest absolute Gasteiger partial charge is 0.385 e. The molecule has 0 aromatic heterocycles. The first-order chi connectivity index (χ1) is 16.3. The molecule has 2 aromatic rings. The Bertz CT molecular complexity index is 1150. The fraction of sp³-hybridized carbons (Fsp3) is 0.357. The third kappa shape index (κ3) is 4.98. The smallest absolute Gasteiger partial charge is 0.266 e. The Balaban J connectivity index is 1.67. The van der Waals surface area contributed by atoms with Crippen molar-refractivity contribution in [2.75, 3.05) is 31.7 Å². The van der Waals surface area contributed by atoms with Gasteiger partial charge in [-0.1, -0.05) is 30.3 Å². The Morgan fingerprint density at radius 3 is 2.62 bits per heavy atom. The summed E-state index contributed by atoms with van der Waals surface area (Å²) in [6.45, 7) is 11.0. The molecule has 6 heteroatoms. The molecule has 1 saturated heterocycles. The molecule has 2 aliphatic rings. The number of methoxy groups -OCH3 is 1. The van der Waals surface area contributed by atoms with Crippen LogP contribution in [0.3, 0.4) is 0 Å². The Morgan fingerprint density at radius 1 is 1.15 bits per heavy atom. The number of rotatable bonds is 7. The van der Waals surface area contributed by atoms with Gasteiger partial charge >= 0.3 is 0 Å². The highest BCUT2D eigenvalue weighted by molar-refractivity contribution is 8.18. The average Bonchev–Trinajstić information content (AvgIpc) is 3.09. The molecule has 0 aliphatic carbocycles. The second-order valence-electron chi connectivity index (χ2n) is 9.15. The van der Waals surface area contributed by atoms with Crippen LogP contribution in [0, 0.1) is 0 Å². The number of ether oxygens (including phenoxy) is 1. The van der Waals surface area contributed by atoms with Gasteiger partial charge in [0.25, 0.3) is 5.91 Å². The summed E-state index contributed by atoms with van der Waals surface area (Å²) in [6.07, 6.45) is 5.08. The fourth-order valence-electron chi connectivity index (χ4n) is 4.69. The predicted molar refractivity (Wildman–Crippen MR) is 145 cm³/mol. The molecular formula is C28H33N3O2S. The number of amides is 1. The van der Waals surface area contributed by atoms with E-state index in [9.17, 15) is 4.79 Å². The summed E-state index contributed by atoms with van der Waals surface area (Å²) in [6, 6.07) is 16.3. The maximum atomic E-state index is 13.3. The van der Waals surface area contributed by atoms with Crippen molar-refractivity contribution in [2.24, 2.45) is 4.99 Å². The number of fused-ring (bicyclic) bond motifs is 1. The number of likely N-dealkylation sites (N-methyl/N-ethyl adjacent to an activating group) is 1. The molecule has 1 amide bonds. The van der Waals surface area contributed by atoms with Crippen molar-refractivity contribution in [1.29, 1.82) is 0 Å². The van der Waals surface area contributed by atoms with Crippen LogP contribution in [0.2, 0.25) is 0 Å². The zero-order chi connectivity index (χ0) is 24.3. The van der Waals surface area contributed by atoms with Gasteiger partial charge in [-0.05, 0) is 87.4 Å². The van der Waals surface area contributed by atoms with Crippen molar-refractivity contribution in [3.05, 3.63) is 70.6 Å². The molecule has 2 heterocycles. The zero-order valence-corrected chi connectivity index (χ0v) is 21.5. The van der Waals surface area contributed by atoms with Crippen LogP contribution >= 0.6 is 11.8 Å². The Labute approximate surface area is 207 Å². The topological polar surface area (TPSA) is 45.1 Å². The van der Waals surface area contributed by atoms with Crippen LogP contribution in [0.5, 0.6) is 0 Å². The first kappa shape index (κ1) is 24.3. The van der Waals surface area contributed by atoms with Gasteiger partial charge in [-0.25, -0.2) is 4.99 Å². The highest BCUT2D eigenvalue weighted by Crippen LogP contribution is 2.40. The van der Waals surface area contributed by atoms with E-state index in [1.54, 1.807) is 12.0 Å². The maximum Gasteiger partial charge on any atom is 0.266 e. The summed E-state index contributed by atoms with van der Waals surface area (Å²) in [5, 5.41) is 0.714. The van der Waals surface area contributed by atoms with E-state index < -0.39 is 0 Å². The highest BCUT2D eigenvalue weighted by Gasteiger charge is 2.34. The average molecular weight is 476 g/mol. The monoisotopic (exact) mass is 475 g/mol. The molecule has 0 bridgehead atoms. The van der Waals surface area contributed by atoms with Crippen LogP contribution in [-0.4, -0.2) is 48.3 Å². The fourth-order valence-corrected chi connectivity index (χ4v) is 5.71. The first-order valence-electron chi connectivity index (χ1n) is 11.8. The van der Waals surface area contributed by atoms with Gasteiger partial charge in [-0.15, -0.1) is 0 Å². The predicted octanol–water partition coefficient (Wildman–Crippen LogP) is 6.35. The number of nitrogens with zero attached hydrogens (tertiary/aromatic N) is 3. The van der Waals surface area contributed by atoms with E-state index in [0.717, 1.165) is 24.2 Å². The first-order valence-corrected chi connectivity index (χ1v) is 12.6. The highest BCUT2D eigenvalue weighted by atomic mass is 32.2. The molecule has 0 saturated carbocycles. The zero-order valence-electron chi connectivity index (χ0n) is 20.7. The number of thioether (sulfide) groups is 1. The minimum Gasteiger partial charge on any atom is -0.385 e. The lowest BCUT2D eigenvalue weighted by molar-refractivity contribution is -0.122.